The first-order valence-corrected chi connectivity index (χ1v) is 6.24. The van der Waals surface area contributed by atoms with E-state index in [4.69, 9.17) is 5.73 Å². The minimum atomic E-state index is -0.446. The highest BCUT2D eigenvalue weighted by Crippen LogP contribution is 2.12. The van der Waals surface area contributed by atoms with Crippen LogP contribution in [0.1, 0.15) is 26.2 Å². The van der Waals surface area contributed by atoms with Gasteiger partial charge in [-0.05, 0) is 18.6 Å². The maximum absolute atomic E-state index is 11.8. The number of hydrogen-bond donors (Lipinski definition) is 2. The van der Waals surface area contributed by atoms with E-state index in [0.717, 1.165) is 18.7 Å². The molecule has 0 spiro atoms. The number of anilines is 2. The van der Waals surface area contributed by atoms with Crippen molar-refractivity contribution in [1.82, 2.24) is 4.98 Å². The van der Waals surface area contributed by atoms with Crippen molar-refractivity contribution in [2.45, 2.75) is 32.2 Å². The van der Waals surface area contributed by atoms with Gasteiger partial charge in [0.05, 0.1) is 17.9 Å². The molecule has 0 aliphatic carbocycles. The zero-order valence-electron chi connectivity index (χ0n) is 11.3. The van der Waals surface area contributed by atoms with Crippen molar-refractivity contribution in [1.29, 1.82) is 0 Å². The maximum Gasteiger partial charge on any atom is 0.241 e. The van der Waals surface area contributed by atoms with E-state index in [-0.39, 0.29) is 5.91 Å². The molecule has 1 heterocycles. The van der Waals surface area contributed by atoms with E-state index in [1.807, 2.05) is 31.1 Å². The Balaban J connectivity index is 2.53. The molecule has 1 amide bonds. The van der Waals surface area contributed by atoms with Crippen molar-refractivity contribution in [3.63, 3.8) is 0 Å². The number of unbranched alkanes of at least 4 members (excludes halogenated alkanes) is 1. The predicted molar refractivity (Wildman–Crippen MR) is 74.7 cm³/mol. The Morgan fingerprint density at radius 2 is 2.22 bits per heavy atom. The zero-order valence-corrected chi connectivity index (χ0v) is 11.3. The third-order valence-electron chi connectivity index (χ3n) is 2.68. The van der Waals surface area contributed by atoms with Gasteiger partial charge in [-0.3, -0.25) is 4.79 Å². The molecule has 0 bridgehead atoms. The molecule has 0 saturated heterocycles. The van der Waals surface area contributed by atoms with Gasteiger partial charge in [-0.1, -0.05) is 19.8 Å². The van der Waals surface area contributed by atoms with Crippen LogP contribution in [0, 0.1) is 0 Å². The third kappa shape index (κ3) is 4.33. The quantitative estimate of drug-likeness (QED) is 0.804. The minimum Gasteiger partial charge on any atom is -0.363 e. The molecule has 1 atom stereocenters. The van der Waals surface area contributed by atoms with E-state index in [2.05, 4.69) is 17.2 Å². The van der Waals surface area contributed by atoms with Crippen LogP contribution >= 0.6 is 0 Å². The largest absolute Gasteiger partial charge is 0.363 e. The summed E-state index contributed by atoms with van der Waals surface area (Å²) >= 11 is 0. The molecule has 1 aromatic rings. The minimum absolute atomic E-state index is 0.150. The van der Waals surface area contributed by atoms with Gasteiger partial charge in [-0.15, -0.1) is 0 Å². The molecule has 0 fully saturated rings. The van der Waals surface area contributed by atoms with E-state index in [9.17, 15) is 4.79 Å². The molecule has 18 heavy (non-hydrogen) atoms. The molecule has 1 unspecified atom stereocenters. The van der Waals surface area contributed by atoms with Crippen molar-refractivity contribution >= 4 is 17.4 Å². The van der Waals surface area contributed by atoms with E-state index >= 15 is 0 Å². The molecule has 100 valence electrons. The summed E-state index contributed by atoms with van der Waals surface area (Å²) in [5.74, 6) is 0.700. The Morgan fingerprint density at radius 1 is 1.50 bits per heavy atom. The van der Waals surface area contributed by atoms with Gasteiger partial charge >= 0.3 is 0 Å². The highest BCUT2D eigenvalue weighted by atomic mass is 16.2. The summed E-state index contributed by atoms with van der Waals surface area (Å²) in [5.41, 5.74) is 6.47. The number of nitrogens with one attached hydrogen (secondary N) is 1. The third-order valence-corrected chi connectivity index (χ3v) is 2.68. The van der Waals surface area contributed by atoms with E-state index in [1.165, 1.54) is 0 Å². The molecule has 5 nitrogen and oxygen atoms in total. The van der Waals surface area contributed by atoms with Gasteiger partial charge in [0.15, 0.2) is 0 Å². The number of amides is 1. The Bertz CT molecular complexity index is 375. The topological polar surface area (TPSA) is 71.2 Å². The van der Waals surface area contributed by atoms with Gasteiger partial charge in [0.1, 0.15) is 5.82 Å². The SMILES string of the molecule is CCCCC(N)C(=O)Nc1ccc(N(C)C)nc1. The summed E-state index contributed by atoms with van der Waals surface area (Å²) in [7, 11) is 3.84. The van der Waals surface area contributed by atoms with Crippen LogP contribution in [-0.2, 0) is 4.79 Å². The number of nitrogens with zero attached hydrogens (tertiary/aromatic N) is 2. The van der Waals surface area contributed by atoms with Crippen LogP contribution in [0.2, 0.25) is 0 Å². The summed E-state index contributed by atoms with van der Waals surface area (Å²) in [6.07, 6.45) is 4.36. The standard InChI is InChI=1S/C13H22N4O/c1-4-5-6-11(14)13(18)16-10-7-8-12(15-9-10)17(2)3/h7-9,11H,4-6,14H2,1-3H3,(H,16,18). The monoisotopic (exact) mass is 250 g/mol. The molecule has 1 rings (SSSR count). The van der Waals surface area contributed by atoms with Crippen LogP contribution in [0.5, 0.6) is 0 Å². The Morgan fingerprint density at radius 3 is 2.72 bits per heavy atom. The van der Waals surface area contributed by atoms with Gasteiger partial charge in [-0.25, -0.2) is 4.98 Å². The summed E-state index contributed by atoms with van der Waals surface area (Å²) in [6, 6.07) is 3.23. The van der Waals surface area contributed by atoms with Gasteiger partial charge in [-0.2, -0.15) is 0 Å². The summed E-state index contributed by atoms with van der Waals surface area (Å²) in [5, 5.41) is 2.77. The first-order valence-electron chi connectivity index (χ1n) is 6.24. The fourth-order valence-corrected chi connectivity index (χ4v) is 1.51. The average molecular weight is 250 g/mol. The Kier molecular flexibility index (Phi) is 5.58. The van der Waals surface area contributed by atoms with Crippen LogP contribution in [0.4, 0.5) is 11.5 Å². The number of carbonyl (C=O) groups excluding carboxylic acids is 1. The summed E-state index contributed by atoms with van der Waals surface area (Å²) < 4.78 is 0. The first-order chi connectivity index (χ1) is 8.54. The average Bonchev–Trinajstić information content (AvgIpc) is 2.36. The molecular formula is C13H22N4O. The fourth-order valence-electron chi connectivity index (χ4n) is 1.51. The second kappa shape index (κ2) is 6.96. The molecule has 0 aliphatic heterocycles. The van der Waals surface area contributed by atoms with Crippen LogP contribution < -0.4 is 16.0 Å². The van der Waals surface area contributed by atoms with Gasteiger partial charge < -0.3 is 16.0 Å². The molecule has 1 aromatic heterocycles. The van der Waals surface area contributed by atoms with Crippen LogP contribution in [-0.4, -0.2) is 31.0 Å². The number of hydrogen-bond acceptors (Lipinski definition) is 4. The molecule has 0 aliphatic rings. The van der Waals surface area contributed by atoms with Crippen molar-refractivity contribution < 1.29 is 4.79 Å². The molecule has 0 saturated carbocycles. The van der Waals surface area contributed by atoms with Gasteiger partial charge in [0.2, 0.25) is 5.91 Å². The lowest BCUT2D eigenvalue weighted by molar-refractivity contribution is -0.117. The van der Waals surface area contributed by atoms with Gasteiger partial charge in [0.25, 0.3) is 0 Å². The molecule has 3 N–H and O–H groups in total. The molecular weight excluding hydrogens is 228 g/mol. The fraction of sp³-hybridized carbons (Fsp3) is 0.538. The van der Waals surface area contributed by atoms with E-state index < -0.39 is 6.04 Å². The number of nitrogens with two attached hydrogens (primary N) is 1. The number of carbonyl (C=O) groups is 1. The van der Waals surface area contributed by atoms with Crippen LogP contribution in [0.3, 0.4) is 0 Å². The van der Waals surface area contributed by atoms with E-state index in [0.29, 0.717) is 12.1 Å². The Hall–Kier alpha value is -1.62. The molecule has 0 radical (unpaired) electrons. The zero-order chi connectivity index (χ0) is 13.5. The molecule has 5 heteroatoms. The summed E-state index contributed by atoms with van der Waals surface area (Å²) in [6.45, 7) is 2.08. The number of aromatic nitrogens is 1. The van der Waals surface area contributed by atoms with Crippen LogP contribution in [0.15, 0.2) is 18.3 Å². The van der Waals surface area contributed by atoms with Crippen molar-refractivity contribution in [3.05, 3.63) is 18.3 Å². The number of pyridine rings is 1. The van der Waals surface area contributed by atoms with Crippen molar-refractivity contribution in [2.24, 2.45) is 5.73 Å². The lowest BCUT2D eigenvalue weighted by Gasteiger charge is -2.13. The van der Waals surface area contributed by atoms with Crippen molar-refractivity contribution in [3.8, 4) is 0 Å². The predicted octanol–water partition coefficient (Wildman–Crippen LogP) is 1.60. The lowest BCUT2D eigenvalue weighted by Crippen LogP contribution is -2.35. The second-order valence-electron chi connectivity index (χ2n) is 4.54. The number of rotatable bonds is 6. The smallest absolute Gasteiger partial charge is 0.241 e. The van der Waals surface area contributed by atoms with Crippen molar-refractivity contribution in [2.75, 3.05) is 24.3 Å². The van der Waals surface area contributed by atoms with E-state index in [1.54, 1.807) is 6.20 Å². The van der Waals surface area contributed by atoms with Gasteiger partial charge in [0, 0.05) is 14.1 Å². The Labute approximate surface area is 108 Å². The summed E-state index contributed by atoms with van der Waals surface area (Å²) in [4.78, 5) is 17.9. The lowest BCUT2D eigenvalue weighted by atomic mass is 10.1. The first kappa shape index (κ1) is 14.4. The highest BCUT2D eigenvalue weighted by molar-refractivity contribution is 5.94. The normalized spacial score (nSPS) is 12.0. The highest BCUT2D eigenvalue weighted by Gasteiger charge is 2.12. The second-order valence-corrected chi connectivity index (χ2v) is 4.54. The maximum atomic E-state index is 11.8. The molecule has 0 aromatic carbocycles. The van der Waals surface area contributed by atoms with Crippen LogP contribution in [0.25, 0.3) is 0 Å².